The van der Waals surface area contributed by atoms with Crippen LogP contribution in [0.5, 0.6) is 0 Å². The molecule has 2 aromatic rings. The van der Waals surface area contributed by atoms with Gasteiger partial charge >= 0.3 is 0 Å². The Kier molecular flexibility index (Phi) is 3.62. The first-order valence-electron chi connectivity index (χ1n) is 5.77. The van der Waals surface area contributed by atoms with Crippen LogP contribution in [0.15, 0.2) is 35.1 Å². The zero-order valence-corrected chi connectivity index (χ0v) is 10.4. The van der Waals surface area contributed by atoms with Crippen LogP contribution in [0.3, 0.4) is 0 Å². The van der Waals surface area contributed by atoms with Crippen molar-refractivity contribution in [2.24, 2.45) is 0 Å². The average Bonchev–Trinajstić information content (AvgIpc) is 2.84. The van der Waals surface area contributed by atoms with Gasteiger partial charge in [0.2, 0.25) is 0 Å². The fraction of sp³-hybridized carbons (Fsp3) is 0.231. The number of aryl methyl sites for hydroxylation is 1. The molecule has 0 unspecified atom stereocenters. The van der Waals surface area contributed by atoms with Gasteiger partial charge in [0.25, 0.3) is 5.91 Å². The van der Waals surface area contributed by atoms with Crippen molar-refractivity contribution in [1.82, 2.24) is 5.16 Å². The van der Waals surface area contributed by atoms with Crippen LogP contribution < -0.4 is 10.6 Å². The largest absolute Gasteiger partial charge is 0.385 e. The van der Waals surface area contributed by atoms with Crippen LogP contribution in [0.1, 0.15) is 22.8 Å². The summed E-state index contributed by atoms with van der Waals surface area (Å²) in [6.07, 6.45) is 1.41. The van der Waals surface area contributed by atoms with E-state index in [-0.39, 0.29) is 5.91 Å². The summed E-state index contributed by atoms with van der Waals surface area (Å²) in [5.41, 5.74) is 2.66. The predicted octanol–water partition coefficient (Wildman–Crippen LogP) is 2.67. The Morgan fingerprint density at radius 3 is 2.83 bits per heavy atom. The molecule has 0 spiro atoms. The summed E-state index contributed by atoms with van der Waals surface area (Å²) in [6, 6.07) is 7.11. The first-order chi connectivity index (χ1) is 8.70. The first-order valence-corrected chi connectivity index (χ1v) is 5.77. The number of carbonyl (C=O) groups excluding carboxylic acids is 1. The van der Waals surface area contributed by atoms with Crippen LogP contribution in [0, 0.1) is 6.92 Å². The number of anilines is 2. The fourth-order valence-corrected chi connectivity index (χ4v) is 1.66. The van der Waals surface area contributed by atoms with Crippen molar-refractivity contribution in [3.63, 3.8) is 0 Å². The van der Waals surface area contributed by atoms with Gasteiger partial charge in [0, 0.05) is 23.9 Å². The van der Waals surface area contributed by atoms with Crippen molar-refractivity contribution in [1.29, 1.82) is 0 Å². The molecule has 1 heterocycles. The van der Waals surface area contributed by atoms with E-state index in [0.717, 1.165) is 17.8 Å². The molecule has 1 aromatic heterocycles. The molecule has 1 aromatic carbocycles. The van der Waals surface area contributed by atoms with E-state index >= 15 is 0 Å². The van der Waals surface area contributed by atoms with Crippen molar-refractivity contribution < 1.29 is 9.32 Å². The highest BCUT2D eigenvalue weighted by Gasteiger charge is 2.09. The Labute approximate surface area is 105 Å². The van der Waals surface area contributed by atoms with E-state index in [1.165, 1.54) is 6.26 Å². The second-order valence-corrected chi connectivity index (χ2v) is 3.90. The minimum atomic E-state index is -0.199. The highest BCUT2D eigenvalue weighted by molar-refractivity contribution is 6.04. The molecule has 2 rings (SSSR count). The molecule has 0 bridgehead atoms. The van der Waals surface area contributed by atoms with Crippen LogP contribution in [0.25, 0.3) is 0 Å². The lowest BCUT2D eigenvalue weighted by atomic mass is 10.1. The van der Waals surface area contributed by atoms with Crippen molar-refractivity contribution in [2.75, 3.05) is 17.2 Å². The van der Waals surface area contributed by atoms with Gasteiger partial charge in [-0.1, -0.05) is 5.16 Å². The molecule has 0 aliphatic carbocycles. The molecule has 94 valence electrons. The minimum absolute atomic E-state index is 0.199. The first kappa shape index (κ1) is 12.2. The zero-order chi connectivity index (χ0) is 13.0. The molecule has 0 aliphatic rings. The SMILES string of the molecule is CCNc1ccc(C(=O)Nc2ccon2)cc1C. The monoisotopic (exact) mass is 245 g/mol. The number of nitrogens with one attached hydrogen (secondary N) is 2. The third kappa shape index (κ3) is 2.68. The number of hydrogen-bond donors (Lipinski definition) is 2. The number of carbonyl (C=O) groups is 1. The van der Waals surface area contributed by atoms with Crippen LogP contribution in [0.4, 0.5) is 11.5 Å². The second-order valence-electron chi connectivity index (χ2n) is 3.90. The molecule has 5 heteroatoms. The highest BCUT2D eigenvalue weighted by Crippen LogP contribution is 2.17. The van der Waals surface area contributed by atoms with Crippen LogP contribution in [0.2, 0.25) is 0 Å². The van der Waals surface area contributed by atoms with Crippen LogP contribution in [-0.2, 0) is 0 Å². The Hall–Kier alpha value is -2.30. The minimum Gasteiger partial charge on any atom is -0.385 e. The van der Waals surface area contributed by atoms with Crippen molar-refractivity contribution in [3.8, 4) is 0 Å². The summed E-state index contributed by atoms with van der Waals surface area (Å²) >= 11 is 0. The molecule has 1 amide bonds. The summed E-state index contributed by atoms with van der Waals surface area (Å²) in [7, 11) is 0. The summed E-state index contributed by atoms with van der Waals surface area (Å²) in [6.45, 7) is 4.85. The number of nitrogens with zero attached hydrogens (tertiary/aromatic N) is 1. The lowest BCUT2D eigenvalue weighted by Crippen LogP contribution is -2.12. The maximum Gasteiger partial charge on any atom is 0.256 e. The van der Waals surface area contributed by atoms with Crippen LogP contribution in [-0.4, -0.2) is 17.6 Å². The normalized spacial score (nSPS) is 10.1. The molecule has 0 atom stereocenters. The van der Waals surface area contributed by atoms with Gasteiger partial charge in [-0.05, 0) is 37.6 Å². The molecule has 0 saturated carbocycles. The van der Waals surface area contributed by atoms with E-state index < -0.39 is 0 Å². The topological polar surface area (TPSA) is 67.2 Å². The summed E-state index contributed by atoms with van der Waals surface area (Å²) in [5, 5.41) is 9.51. The van der Waals surface area contributed by atoms with Crippen LogP contribution >= 0.6 is 0 Å². The maximum absolute atomic E-state index is 11.9. The van der Waals surface area contributed by atoms with Gasteiger partial charge in [-0.2, -0.15) is 0 Å². The molecule has 18 heavy (non-hydrogen) atoms. The van der Waals surface area contributed by atoms with Gasteiger partial charge < -0.3 is 15.2 Å². The Morgan fingerprint density at radius 2 is 2.22 bits per heavy atom. The molecular weight excluding hydrogens is 230 g/mol. The standard InChI is InChI=1S/C13H15N3O2/c1-3-14-11-5-4-10(8-9(11)2)13(17)15-12-6-7-18-16-12/h4-8,14H,3H2,1-2H3,(H,15,16,17). The number of aromatic nitrogens is 1. The average molecular weight is 245 g/mol. The maximum atomic E-state index is 11.9. The molecular formula is C13H15N3O2. The van der Waals surface area contributed by atoms with Gasteiger partial charge in [-0.15, -0.1) is 0 Å². The summed E-state index contributed by atoms with van der Waals surface area (Å²) < 4.78 is 4.65. The third-order valence-corrected chi connectivity index (χ3v) is 2.54. The van der Waals surface area contributed by atoms with Crippen molar-refractivity contribution in [3.05, 3.63) is 41.7 Å². The quantitative estimate of drug-likeness (QED) is 0.869. The van der Waals surface area contributed by atoms with Gasteiger partial charge in [-0.25, -0.2) is 0 Å². The Bertz CT molecular complexity index is 535. The predicted molar refractivity (Wildman–Crippen MR) is 69.8 cm³/mol. The molecule has 0 saturated heterocycles. The lowest BCUT2D eigenvalue weighted by Gasteiger charge is -2.09. The van der Waals surface area contributed by atoms with E-state index in [2.05, 4.69) is 20.3 Å². The summed E-state index contributed by atoms with van der Waals surface area (Å²) in [5.74, 6) is 0.212. The van der Waals surface area contributed by atoms with Gasteiger partial charge in [0.1, 0.15) is 6.26 Å². The Morgan fingerprint density at radius 1 is 1.39 bits per heavy atom. The lowest BCUT2D eigenvalue weighted by molar-refractivity contribution is 0.102. The van der Waals surface area contributed by atoms with Gasteiger partial charge in [-0.3, -0.25) is 4.79 Å². The summed E-state index contributed by atoms with van der Waals surface area (Å²) in [4.78, 5) is 11.9. The number of amides is 1. The fourth-order valence-electron chi connectivity index (χ4n) is 1.66. The highest BCUT2D eigenvalue weighted by atomic mass is 16.5. The molecule has 0 radical (unpaired) electrons. The van der Waals surface area contributed by atoms with E-state index in [0.29, 0.717) is 11.4 Å². The van der Waals surface area contributed by atoms with Crippen molar-refractivity contribution in [2.45, 2.75) is 13.8 Å². The molecule has 5 nitrogen and oxygen atoms in total. The van der Waals surface area contributed by atoms with Gasteiger partial charge in [0.15, 0.2) is 5.82 Å². The van der Waals surface area contributed by atoms with E-state index in [9.17, 15) is 4.79 Å². The van der Waals surface area contributed by atoms with Gasteiger partial charge in [0.05, 0.1) is 0 Å². The number of hydrogen-bond acceptors (Lipinski definition) is 4. The van der Waals surface area contributed by atoms with E-state index in [4.69, 9.17) is 0 Å². The third-order valence-electron chi connectivity index (χ3n) is 2.54. The zero-order valence-electron chi connectivity index (χ0n) is 10.4. The number of benzene rings is 1. The smallest absolute Gasteiger partial charge is 0.256 e. The molecule has 0 fully saturated rings. The number of rotatable bonds is 4. The van der Waals surface area contributed by atoms with E-state index in [1.807, 2.05) is 26.0 Å². The second kappa shape index (κ2) is 5.35. The molecule has 0 aliphatic heterocycles. The van der Waals surface area contributed by atoms with E-state index in [1.54, 1.807) is 12.1 Å². The Balaban J connectivity index is 2.13. The van der Waals surface area contributed by atoms with Crippen molar-refractivity contribution >= 4 is 17.4 Å². The molecule has 2 N–H and O–H groups in total.